The van der Waals surface area contributed by atoms with Crippen LogP contribution in [0.1, 0.15) is 11.1 Å². The predicted octanol–water partition coefficient (Wildman–Crippen LogP) is 1.92. The number of aryl methyl sites for hydroxylation is 1. The van der Waals surface area contributed by atoms with Gasteiger partial charge in [0.2, 0.25) is 0 Å². The summed E-state index contributed by atoms with van der Waals surface area (Å²) in [6, 6.07) is 4.61. The van der Waals surface area contributed by atoms with Gasteiger partial charge in [0.05, 0.1) is 6.54 Å². The molecule has 0 saturated heterocycles. The van der Waals surface area contributed by atoms with Crippen molar-refractivity contribution in [3.8, 4) is 5.75 Å². The number of nitrogens with two attached hydrogens (primary N) is 1. The van der Waals surface area contributed by atoms with E-state index in [1.165, 1.54) is 12.1 Å². The van der Waals surface area contributed by atoms with Crippen molar-refractivity contribution in [2.24, 2.45) is 0 Å². The molecule has 1 unspecified atom stereocenters. The third-order valence-electron chi connectivity index (χ3n) is 3.14. The highest BCUT2D eigenvalue weighted by Crippen LogP contribution is 2.29. The Morgan fingerprint density at radius 1 is 1.56 bits per heavy atom. The molecular weight excluding hydrogens is 233 g/mol. The number of ether oxygens (including phenoxy) is 1. The lowest BCUT2D eigenvalue weighted by Crippen LogP contribution is -2.21. The Balaban J connectivity index is 1.74. The van der Waals surface area contributed by atoms with Gasteiger partial charge in [0.15, 0.2) is 0 Å². The summed E-state index contributed by atoms with van der Waals surface area (Å²) in [7, 11) is 0. The van der Waals surface area contributed by atoms with Crippen molar-refractivity contribution >= 4 is 5.82 Å². The third-order valence-corrected chi connectivity index (χ3v) is 3.14. The highest BCUT2D eigenvalue weighted by atomic mass is 19.1. The largest absolute Gasteiger partial charge is 0.488 e. The van der Waals surface area contributed by atoms with Crippen molar-refractivity contribution in [1.82, 2.24) is 9.78 Å². The number of benzene rings is 1. The first-order valence-electron chi connectivity index (χ1n) is 5.86. The third kappa shape index (κ3) is 1.92. The molecule has 0 saturated carbocycles. The highest BCUT2D eigenvalue weighted by molar-refractivity contribution is 5.38. The molecule has 0 bridgehead atoms. The number of nitrogens with zero attached hydrogens (tertiary/aromatic N) is 2. The van der Waals surface area contributed by atoms with Crippen LogP contribution in [0.2, 0.25) is 0 Å². The van der Waals surface area contributed by atoms with E-state index < -0.39 is 0 Å². The molecule has 1 aromatic carbocycles. The van der Waals surface area contributed by atoms with Gasteiger partial charge in [-0.15, -0.1) is 0 Å². The Bertz CT molecular complexity index is 574. The van der Waals surface area contributed by atoms with Gasteiger partial charge in [-0.25, -0.2) is 4.39 Å². The molecule has 1 aromatic heterocycles. The molecular formula is C13H14FN3O. The molecule has 5 heteroatoms. The Morgan fingerprint density at radius 2 is 2.39 bits per heavy atom. The number of fused-ring (bicyclic) bond motifs is 1. The molecule has 0 radical (unpaired) electrons. The van der Waals surface area contributed by atoms with E-state index in [-0.39, 0.29) is 11.9 Å². The number of nitrogen functional groups attached to an aromatic ring is 1. The fourth-order valence-corrected chi connectivity index (χ4v) is 2.23. The van der Waals surface area contributed by atoms with Crippen molar-refractivity contribution in [3.63, 3.8) is 0 Å². The number of aromatic nitrogens is 2. The van der Waals surface area contributed by atoms with E-state index in [0.717, 1.165) is 16.9 Å². The SMILES string of the molecule is Cc1cn(CC2Cc3cc(F)ccc3O2)nc1N. The summed E-state index contributed by atoms with van der Waals surface area (Å²) in [5, 5.41) is 4.19. The lowest BCUT2D eigenvalue weighted by atomic mass is 10.1. The Hall–Kier alpha value is -2.04. The number of hydrogen-bond acceptors (Lipinski definition) is 3. The van der Waals surface area contributed by atoms with Crippen molar-refractivity contribution in [3.05, 3.63) is 41.3 Å². The highest BCUT2D eigenvalue weighted by Gasteiger charge is 2.24. The number of halogens is 1. The number of anilines is 1. The summed E-state index contributed by atoms with van der Waals surface area (Å²) in [6.45, 7) is 2.53. The lowest BCUT2D eigenvalue weighted by Gasteiger charge is -2.10. The predicted molar refractivity (Wildman–Crippen MR) is 65.9 cm³/mol. The zero-order valence-corrected chi connectivity index (χ0v) is 10.1. The molecule has 18 heavy (non-hydrogen) atoms. The maximum absolute atomic E-state index is 13.1. The monoisotopic (exact) mass is 247 g/mol. The summed E-state index contributed by atoms with van der Waals surface area (Å²) in [5.41, 5.74) is 7.57. The molecule has 2 heterocycles. The van der Waals surface area contributed by atoms with Gasteiger partial charge >= 0.3 is 0 Å². The van der Waals surface area contributed by atoms with Gasteiger partial charge in [-0.3, -0.25) is 4.68 Å². The molecule has 94 valence electrons. The van der Waals surface area contributed by atoms with Gasteiger partial charge in [0, 0.05) is 23.7 Å². The van der Waals surface area contributed by atoms with Crippen LogP contribution in [0.4, 0.5) is 10.2 Å². The van der Waals surface area contributed by atoms with E-state index in [2.05, 4.69) is 5.10 Å². The fourth-order valence-electron chi connectivity index (χ4n) is 2.23. The van der Waals surface area contributed by atoms with Crippen LogP contribution in [-0.4, -0.2) is 15.9 Å². The van der Waals surface area contributed by atoms with Crippen molar-refractivity contribution in [1.29, 1.82) is 0 Å². The summed E-state index contributed by atoms with van der Waals surface area (Å²) in [5.74, 6) is 1.08. The molecule has 1 aliphatic heterocycles. The van der Waals surface area contributed by atoms with Crippen molar-refractivity contribution in [2.45, 2.75) is 26.0 Å². The van der Waals surface area contributed by atoms with E-state index in [1.54, 1.807) is 10.7 Å². The zero-order chi connectivity index (χ0) is 12.7. The van der Waals surface area contributed by atoms with E-state index in [9.17, 15) is 4.39 Å². The molecule has 0 amide bonds. The maximum Gasteiger partial charge on any atom is 0.148 e. The zero-order valence-electron chi connectivity index (χ0n) is 10.1. The minimum absolute atomic E-state index is 0.0134. The normalized spacial score (nSPS) is 17.6. The number of rotatable bonds is 2. The van der Waals surface area contributed by atoms with E-state index in [1.807, 2.05) is 13.1 Å². The van der Waals surface area contributed by atoms with Crippen LogP contribution >= 0.6 is 0 Å². The van der Waals surface area contributed by atoms with Crippen LogP contribution in [-0.2, 0) is 13.0 Å². The average Bonchev–Trinajstić information content (AvgIpc) is 2.82. The fraction of sp³-hybridized carbons (Fsp3) is 0.308. The molecule has 4 nitrogen and oxygen atoms in total. The maximum atomic E-state index is 13.1. The second-order valence-corrected chi connectivity index (χ2v) is 4.62. The Morgan fingerprint density at radius 3 is 3.11 bits per heavy atom. The van der Waals surface area contributed by atoms with Crippen LogP contribution < -0.4 is 10.5 Å². The van der Waals surface area contributed by atoms with Crippen LogP contribution in [0.3, 0.4) is 0 Å². The summed E-state index contributed by atoms with van der Waals surface area (Å²) in [6.07, 6.45) is 2.58. The van der Waals surface area contributed by atoms with Gasteiger partial charge in [-0.05, 0) is 25.1 Å². The first kappa shape index (κ1) is 11.1. The second kappa shape index (κ2) is 4.01. The average molecular weight is 247 g/mol. The molecule has 0 aliphatic carbocycles. The van der Waals surface area contributed by atoms with Crippen molar-refractivity contribution in [2.75, 3.05) is 5.73 Å². The molecule has 1 aliphatic rings. The van der Waals surface area contributed by atoms with Crippen LogP contribution in [0, 0.1) is 12.7 Å². The van der Waals surface area contributed by atoms with E-state index in [0.29, 0.717) is 18.8 Å². The van der Waals surface area contributed by atoms with E-state index >= 15 is 0 Å². The summed E-state index contributed by atoms with van der Waals surface area (Å²) < 4.78 is 20.6. The lowest BCUT2D eigenvalue weighted by molar-refractivity contribution is 0.203. The molecule has 3 rings (SSSR count). The standard InChI is InChI=1S/C13H14FN3O/c1-8-6-17(16-13(8)15)7-11-5-9-4-10(14)2-3-12(9)18-11/h2-4,6,11H,5,7H2,1H3,(H2,15,16). The van der Waals surface area contributed by atoms with Gasteiger partial charge in [0.1, 0.15) is 23.5 Å². The smallest absolute Gasteiger partial charge is 0.148 e. The van der Waals surface area contributed by atoms with Crippen LogP contribution in [0.15, 0.2) is 24.4 Å². The summed E-state index contributed by atoms with van der Waals surface area (Å²) in [4.78, 5) is 0. The molecule has 1 atom stereocenters. The summed E-state index contributed by atoms with van der Waals surface area (Å²) >= 11 is 0. The second-order valence-electron chi connectivity index (χ2n) is 4.62. The Labute approximate surface area is 104 Å². The van der Waals surface area contributed by atoms with Crippen LogP contribution in [0.5, 0.6) is 5.75 Å². The van der Waals surface area contributed by atoms with E-state index in [4.69, 9.17) is 10.5 Å². The Kier molecular flexibility index (Phi) is 2.47. The van der Waals surface area contributed by atoms with Crippen molar-refractivity contribution < 1.29 is 9.13 Å². The first-order chi connectivity index (χ1) is 8.61. The van der Waals surface area contributed by atoms with Gasteiger partial charge < -0.3 is 10.5 Å². The van der Waals surface area contributed by atoms with Gasteiger partial charge in [0.25, 0.3) is 0 Å². The number of hydrogen-bond donors (Lipinski definition) is 1. The minimum Gasteiger partial charge on any atom is -0.488 e. The molecule has 2 N–H and O–H groups in total. The minimum atomic E-state index is -0.225. The topological polar surface area (TPSA) is 53.1 Å². The van der Waals surface area contributed by atoms with Crippen LogP contribution in [0.25, 0.3) is 0 Å². The first-order valence-corrected chi connectivity index (χ1v) is 5.86. The van der Waals surface area contributed by atoms with Gasteiger partial charge in [-0.1, -0.05) is 0 Å². The quantitative estimate of drug-likeness (QED) is 0.882. The van der Waals surface area contributed by atoms with Gasteiger partial charge in [-0.2, -0.15) is 5.10 Å². The molecule has 2 aromatic rings. The molecule has 0 fully saturated rings. The molecule has 0 spiro atoms.